The quantitative estimate of drug-likeness (QED) is 0.448. The van der Waals surface area contributed by atoms with Gasteiger partial charge in [0.1, 0.15) is 0 Å². The molecular weight excluding hydrogens is 180 g/mol. The lowest BCUT2D eigenvalue weighted by atomic mass is 10.3. The molecule has 1 atom stereocenters. The number of hydrogen-bond acceptors (Lipinski definition) is 3. The van der Waals surface area contributed by atoms with E-state index in [1.54, 1.807) is 0 Å². The Morgan fingerprint density at radius 2 is 1.86 bits per heavy atom. The molecule has 0 spiro atoms. The second-order valence-corrected chi connectivity index (χ2v) is 3.33. The van der Waals surface area contributed by atoms with Gasteiger partial charge in [-0.15, -0.1) is 0 Å². The molecule has 0 aliphatic carbocycles. The van der Waals surface area contributed by atoms with Crippen molar-refractivity contribution >= 4 is 5.97 Å². The average molecular weight is 202 g/mol. The van der Waals surface area contributed by atoms with Crippen molar-refractivity contribution in [2.45, 2.75) is 59.2 Å². The minimum absolute atomic E-state index is 0.151. The van der Waals surface area contributed by atoms with Crippen molar-refractivity contribution in [3.63, 3.8) is 0 Å². The maximum Gasteiger partial charge on any atom is 0.308 e. The fraction of sp³-hybridized carbons (Fsp3) is 0.909. The van der Waals surface area contributed by atoms with E-state index in [0.717, 1.165) is 25.7 Å². The molecule has 1 unspecified atom stereocenters. The molecule has 0 aromatic heterocycles. The predicted molar refractivity (Wildman–Crippen MR) is 55.9 cm³/mol. The fourth-order valence-electron chi connectivity index (χ4n) is 1.07. The van der Waals surface area contributed by atoms with E-state index >= 15 is 0 Å². The van der Waals surface area contributed by atoms with Gasteiger partial charge in [0, 0.05) is 12.8 Å². The van der Waals surface area contributed by atoms with Gasteiger partial charge in [-0.2, -0.15) is 0 Å². The summed E-state index contributed by atoms with van der Waals surface area (Å²) >= 11 is 0. The molecule has 0 rings (SSSR count). The van der Waals surface area contributed by atoms with Crippen LogP contribution in [0.3, 0.4) is 0 Å². The highest BCUT2D eigenvalue weighted by molar-refractivity contribution is 5.69. The van der Waals surface area contributed by atoms with Crippen molar-refractivity contribution in [3.8, 4) is 0 Å². The molecule has 0 aromatic carbocycles. The summed E-state index contributed by atoms with van der Waals surface area (Å²) in [6, 6.07) is 0. The smallest absolute Gasteiger partial charge is 0.308 e. The van der Waals surface area contributed by atoms with Gasteiger partial charge in [-0.3, -0.25) is 4.79 Å². The van der Waals surface area contributed by atoms with Crippen LogP contribution in [0.25, 0.3) is 0 Å². The standard InChI is InChI=1S/C11H22O3/c1-4-7-10(12)14-11(8-5-2)13-9-6-3/h11H,4-9H2,1-3H3. The van der Waals surface area contributed by atoms with Crippen LogP contribution in [-0.2, 0) is 14.3 Å². The van der Waals surface area contributed by atoms with E-state index in [9.17, 15) is 4.79 Å². The van der Waals surface area contributed by atoms with E-state index in [0.29, 0.717) is 13.0 Å². The molecule has 0 fully saturated rings. The second-order valence-electron chi connectivity index (χ2n) is 3.33. The molecule has 0 N–H and O–H groups in total. The van der Waals surface area contributed by atoms with Crippen LogP contribution < -0.4 is 0 Å². The van der Waals surface area contributed by atoms with Crippen molar-refractivity contribution in [1.82, 2.24) is 0 Å². The normalized spacial score (nSPS) is 12.5. The fourth-order valence-corrected chi connectivity index (χ4v) is 1.07. The van der Waals surface area contributed by atoms with E-state index < -0.39 is 0 Å². The van der Waals surface area contributed by atoms with Crippen LogP contribution in [0.4, 0.5) is 0 Å². The topological polar surface area (TPSA) is 35.5 Å². The monoisotopic (exact) mass is 202 g/mol. The zero-order chi connectivity index (χ0) is 10.8. The van der Waals surface area contributed by atoms with Crippen LogP contribution in [0.1, 0.15) is 52.9 Å². The van der Waals surface area contributed by atoms with Crippen molar-refractivity contribution in [1.29, 1.82) is 0 Å². The molecule has 0 heterocycles. The van der Waals surface area contributed by atoms with Crippen molar-refractivity contribution < 1.29 is 14.3 Å². The molecule has 0 saturated carbocycles. The molecule has 0 radical (unpaired) electrons. The van der Waals surface area contributed by atoms with E-state index in [-0.39, 0.29) is 12.3 Å². The van der Waals surface area contributed by atoms with Crippen LogP contribution in [-0.4, -0.2) is 18.9 Å². The Morgan fingerprint density at radius 3 is 2.36 bits per heavy atom. The van der Waals surface area contributed by atoms with Crippen molar-refractivity contribution in [2.75, 3.05) is 6.61 Å². The molecular formula is C11H22O3. The number of carbonyl (C=O) groups excluding carboxylic acids is 1. The van der Waals surface area contributed by atoms with Gasteiger partial charge >= 0.3 is 5.97 Å². The Labute approximate surface area is 86.8 Å². The first-order valence-corrected chi connectivity index (χ1v) is 5.55. The third kappa shape index (κ3) is 6.89. The van der Waals surface area contributed by atoms with Crippen LogP contribution >= 0.6 is 0 Å². The first-order chi connectivity index (χ1) is 6.74. The largest absolute Gasteiger partial charge is 0.436 e. The van der Waals surface area contributed by atoms with E-state index in [4.69, 9.17) is 9.47 Å². The first-order valence-electron chi connectivity index (χ1n) is 5.55. The summed E-state index contributed by atoms with van der Waals surface area (Å²) in [7, 11) is 0. The summed E-state index contributed by atoms with van der Waals surface area (Å²) in [6.45, 7) is 6.71. The van der Waals surface area contributed by atoms with Gasteiger partial charge in [0.15, 0.2) is 0 Å². The van der Waals surface area contributed by atoms with Gasteiger partial charge < -0.3 is 9.47 Å². The lowest BCUT2D eigenvalue weighted by Crippen LogP contribution is -2.21. The summed E-state index contributed by atoms with van der Waals surface area (Å²) in [5.41, 5.74) is 0. The molecule has 3 nitrogen and oxygen atoms in total. The number of hydrogen-bond donors (Lipinski definition) is 0. The molecule has 14 heavy (non-hydrogen) atoms. The molecule has 0 aromatic rings. The average Bonchev–Trinajstić information content (AvgIpc) is 2.15. The minimum atomic E-state index is -0.334. The Kier molecular flexibility index (Phi) is 8.64. The maximum absolute atomic E-state index is 11.2. The first kappa shape index (κ1) is 13.4. The molecule has 0 aliphatic heterocycles. The van der Waals surface area contributed by atoms with E-state index in [1.165, 1.54) is 0 Å². The van der Waals surface area contributed by atoms with Crippen LogP contribution in [0, 0.1) is 0 Å². The number of rotatable bonds is 8. The zero-order valence-electron chi connectivity index (χ0n) is 9.54. The summed E-state index contributed by atoms with van der Waals surface area (Å²) < 4.78 is 10.6. The minimum Gasteiger partial charge on any atom is -0.436 e. The van der Waals surface area contributed by atoms with Gasteiger partial charge in [0.2, 0.25) is 6.29 Å². The predicted octanol–water partition coefficient (Wildman–Crippen LogP) is 2.88. The summed E-state index contributed by atoms with van der Waals surface area (Å²) in [4.78, 5) is 11.2. The van der Waals surface area contributed by atoms with Gasteiger partial charge in [0.05, 0.1) is 6.61 Å². The highest BCUT2D eigenvalue weighted by Gasteiger charge is 2.12. The van der Waals surface area contributed by atoms with Gasteiger partial charge in [-0.25, -0.2) is 0 Å². The lowest BCUT2D eigenvalue weighted by molar-refractivity contribution is -0.180. The van der Waals surface area contributed by atoms with Crippen LogP contribution in [0.15, 0.2) is 0 Å². The van der Waals surface area contributed by atoms with Crippen molar-refractivity contribution in [3.05, 3.63) is 0 Å². The Morgan fingerprint density at radius 1 is 1.14 bits per heavy atom. The van der Waals surface area contributed by atoms with Gasteiger partial charge in [-0.05, 0) is 12.8 Å². The Balaban J connectivity index is 3.75. The van der Waals surface area contributed by atoms with Crippen molar-refractivity contribution in [2.24, 2.45) is 0 Å². The van der Waals surface area contributed by atoms with E-state index in [2.05, 4.69) is 6.92 Å². The Bertz CT molecular complexity index is 145. The van der Waals surface area contributed by atoms with Gasteiger partial charge in [0.25, 0.3) is 0 Å². The van der Waals surface area contributed by atoms with Crippen LogP contribution in [0.2, 0.25) is 0 Å². The highest BCUT2D eigenvalue weighted by Crippen LogP contribution is 2.07. The van der Waals surface area contributed by atoms with Gasteiger partial charge in [-0.1, -0.05) is 27.2 Å². The second kappa shape index (κ2) is 9.00. The van der Waals surface area contributed by atoms with Crippen LogP contribution in [0.5, 0.6) is 0 Å². The number of carbonyl (C=O) groups is 1. The molecule has 84 valence electrons. The SMILES string of the molecule is CCCOC(CCC)OC(=O)CCC. The molecule has 0 aliphatic rings. The number of ether oxygens (including phenoxy) is 2. The molecule has 3 heteroatoms. The Hall–Kier alpha value is -0.570. The summed E-state index contributed by atoms with van der Waals surface area (Å²) in [6.07, 6.45) is 3.68. The summed E-state index contributed by atoms with van der Waals surface area (Å²) in [5, 5.41) is 0. The summed E-state index contributed by atoms with van der Waals surface area (Å²) in [5.74, 6) is -0.151. The molecule has 0 bridgehead atoms. The number of esters is 1. The molecule has 0 amide bonds. The zero-order valence-corrected chi connectivity index (χ0v) is 9.54. The lowest BCUT2D eigenvalue weighted by Gasteiger charge is -2.17. The highest BCUT2D eigenvalue weighted by atomic mass is 16.7. The third-order valence-corrected chi connectivity index (χ3v) is 1.75. The maximum atomic E-state index is 11.2. The van der Waals surface area contributed by atoms with E-state index in [1.807, 2.05) is 13.8 Å². The third-order valence-electron chi connectivity index (χ3n) is 1.75. The molecule has 0 saturated heterocycles.